The van der Waals surface area contributed by atoms with Crippen LogP contribution in [0.25, 0.3) is 5.82 Å². The van der Waals surface area contributed by atoms with Gasteiger partial charge in [0.15, 0.2) is 5.82 Å². The van der Waals surface area contributed by atoms with E-state index in [4.69, 9.17) is 4.74 Å². The lowest BCUT2D eigenvalue weighted by Gasteiger charge is -2.08. The van der Waals surface area contributed by atoms with Gasteiger partial charge in [-0.3, -0.25) is 4.72 Å². The standard InChI is InChI=1S/C16H16N4O3S/c1-2-24(21,22)19-13-5-7-14(8-6-13)23-16-10-9-15(17-18-16)20-11-3-4-12-20/h3-12,19H,2H2,1H3. The minimum atomic E-state index is -3.29. The van der Waals surface area contributed by atoms with Crippen molar-refractivity contribution in [2.45, 2.75) is 6.92 Å². The fourth-order valence-corrected chi connectivity index (χ4v) is 2.60. The Morgan fingerprint density at radius 3 is 2.33 bits per heavy atom. The van der Waals surface area contributed by atoms with E-state index in [0.717, 1.165) is 0 Å². The van der Waals surface area contributed by atoms with Gasteiger partial charge in [0.2, 0.25) is 15.9 Å². The minimum Gasteiger partial charge on any atom is -0.438 e. The van der Waals surface area contributed by atoms with Gasteiger partial charge in [-0.15, -0.1) is 10.2 Å². The summed E-state index contributed by atoms with van der Waals surface area (Å²) >= 11 is 0. The second-order valence-electron chi connectivity index (χ2n) is 4.95. The Balaban J connectivity index is 1.68. The first-order valence-electron chi connectivity index (χ1n) is 7.31. The minimum absolute atomic E-state index is 0.0224. The first kappa shape index (κ1) is 16.0. The maximum atomic E-state index is 11.5. The highest BCUT2D eigenvalue weighted by atomic mass is 32.2. The van der Waals surface area contributed by atoms with Crippen molar-refractivity contribution in [1.82, 2.24) is 14.8 Å². The van der Waals surface area contributed by atoms with Gasteiger partial charge < -0.3 is 9.30 Å². The zero-order valence-electron chi connectivity index (χ0n) is 13.0. The van der Waals surface area contributed by atoms with Crippen molar-refractivity contribution in [3.05, 3.63) is 60.9 Å². The Labute approximate surface area is 140 Å². The molecule has 0 amide bonds. The van der Waals surface area contributed by atoms with Crippen molar-refractivity contribution in [2.24, 2.45) is 0 Å². The van der Waals surface area contributed by atoms with Crippen molar-refractivity contribution in [3.8, 4) is 17.4 Å². The molecule has 3 aromatic rings. The van der Waals surface area contributed by atoms with Gasteiger partial charge in [-0.25, -0.2) is 8.42 Å². The lowest BCUT2D eigenvalue weighted by molar-refractivity contribution is 0.454. The molecule has 0 radical (unpaired) electrons. The Kier molecular flexibility index (Phi) is 4.48. The number of hydrogen-bond acceptors (Lipinski definition) is 5. The summed E-state index contributed by atoms with van der Waals surface area (Å²) in [5.74, 6) is 1.61. The van der Waals surface area contributed by atoms with Crippen LogP contribution in [0.4, 0.5) is 5.69 Å². The van der Waals surface area contributed by atoms with Crippen LogP contribution in [0.1, 0.15) is 6.92 Å². The van der Waals surface area contributed by atoms with Crippen molar-refractivity contribution >= 4 is 15.7 Å². The van der Waals surface area contributed by atoms with Crippen LogP contribution in [-0.2, 0) is 10.0 Å². The molecule has 1 aromatic carbocycles. The van der Waals surface area contributed by atoms with E-state index >= 15 is 0 Å². The molecule has 3 rings (SSSR count). The highest BCUT2D eigenvalue weighted by Crippen LogP contribution is 2.22. The van der Waals surface area contributed by atoms with Gasteiger partial charge in [0, 0.05) is 24.1 Å². The van der Waals surface area contributed by atoms with Crippen molar-refractivity contribution in [2.75, 3.05) is 10.5 Å². The molecule has 8 heteroatoms. The van der Waals surface area contributed by atoms with Crippen LogP contribution >= 0.6 is 0 Å². The van der Waals surface area contributed by atoms with E-state index in [9.17, 15) is 8.42 Å². The van der Waals surface area contributed by atoms with Gasteiger partial charge in [-0.2, -0.15) is 0 Å². The van der Waals surface area contributed by atoms with E-state index < -0.39 is 10.0 Å². The summed E-state index contributed by atoms with van der Waals surface area (Å²) in [5.41, 5.74) is 0.484. The number of nitrogens with zero attached hydrogens (tertiary/aromatic N) is 3. The van der Waals surface area contributed by atoms with E-state index in [1.54, 1.807) is 43.3 Å². The van der Waals surface area contributed by atoms with Gasteiger partial charge >= 0.3 is 0 Å². The Morgan fingerprint density at radius 1 is 1.04 bits per heavy atom. The number of ether oxygens (including phenoxy) is 1. The van der Waals surface area contributed by atoms with Crippen LogP contribution in [0.2, 0.25) is 0 Å². The average Bonchev–Trinajstić information content (AvgIpc) is 3.12. The fraction of sp³-hybridized carbons (Fsp3) is 0.125. The molecule has 0 aliphatic carbocycles. The molecule has 0 atom stereocenters. The summed E-state index contributed by atoms with van der Waals surface area (Å²) in [5, 5.41) is 8.11. The molecule has 2 aromatic heterocycles. The second-order valence-corrected chi connectivity index (χ2v) is 6.96. The smallest absolute Gasteiger partial charge is 0.238 e. The lowest BCUT2D eigenvalue weighted by Crippen LogP contribution is -2.14. The highest BCUT2D eigenvalue weighted by molar-refractivity contribution is 7.92. The van der Waals surface area contributed by atoms with Gasteiger partial charge in [0.1, 0.15) is 5.75 Å². The number of benzene rings is 1. The second kappa shape index (κ2) is 6.71. The molecule has 0 saturated carbocycles. The Morgan fingerprint density at radius 2 is 1.75 bits per heavy atom. The number of anilines is 1. The predicted molar refractivity (Wildman–Crippen MR) is 91.0 cm³/mol. The lowest BCUT2D eigenvalue weighted by atomic mass is 10.3. The summed E-state index contributed by atoms with van der Waals surface area (Å²) in [7, 11) is -3.29. The number of nitrogens with one attached hydrogen (secondary N) is 1. The number of hydrogen-bond donors (Lipinski definition) is 1. The van der Waals surface area contributed by atoms with E-state index in [1.807, 2.05) is 29.1 Å². The molecule has 0 bridgehead atoms. The van der Waals surface area contributed by atoms with Gasteiger partial charge in [0.25, 0.3) is 0 Å². The molecule has 2 heterocycles. The van der Waals surface area contributed by atoms with Crippen molar-refractivity contribution < 1.29 is 13.2 Å². The van der Waals surface area contributed by atoms with Gasteiger partial charge in [0.05, 0.1) is 5.75 Å². The SMILES string of the molecule is CCS(=O)(=O)Nc1ccc(Oc2ccc(-n3cccc3)nn2)cc1. The third-order valence-electron chi connectivity index (χ3n) is 3.23. The number of rotatable bonds is 6. The number of aromatic nitrogens is 3. The Bertz CT molecular complexity index is 890. The molecular weight excluding hydrogens is 328 g/mol. The van der Waals surface area contributed by atoms with Crippen molar-refractivity contribution in [3.63, 3.8) is 0 Å². The van der Waals surface area contributed by atoms with Gasteiger partial charge in [-0.05, 0) is 49.4 Å². The van der Waals surface area contributed by atoms with Gasteiger partial charge in [-0.1, -0.05) is 0 Å². The normalized spacial score (nSPS) is 11.2. The first-order chi connectivity index (χ1) is 11.6. The molecule has 0 fully saturated rings. The molecular formula is C16H16N4O3S. The molecule has 0 saturated heterocycles. The van der Waals surface area contributed by atoms with Crippen molar-refractivity contribution in [1.29, 1.82) is 0 Å². The molecule has 24 heavy (non-hydrogen) atoms. The molecule has 124 valence electrons. The predicted octanol–water partition coefficient (Wildman–Crippen LogP) is 2.82. The molecule has 1 N–H and O–H groups in total. The molecule has 0 unspecified atom stereocenters. The maximum Gasteiger partial charge on any atom is 0.238 e. The molecule has 0 spiro atoms. The van der Waals surface area contributed by atoms with Crippen LogP contribution in [0.5, 0.6) is 11.6 Å². The monoisotopic (exact) mass is 344 g/mol. The van der Waals surface area contributed by atoms with E-state index in [-0.39, 0.29) is 5.75 Å². The van der Waals surface area contributed by atoms with E-state index in [1.165, 1.54) is 0 Å². The summed E-state index contributed by atoms with van der Waals surface area (Å²) in [4.78, 5) is 0. The summed E-state index contributed by atoms with van der Waals surface area (Å²) in [6.07, 6.45) is 3.75. The topological polar surface area (TPSA) is 86.1 Å². The molecule has 0 aliphatic heterocycles. The quantitative estimate of drug-likeness (QED) is 0.743. The summed E-state index contributed by atoms with van der Waals surface area (Å²) < 4.78 is 32.9. The van der Waals surface area contributed by atoms with Crippen LogP contribution in [-0.4, -0.2) is 28.9 Å². The maximum absolute atomic E-state index is 11.5. The molecule has 7 nitrogen and oxygen atoms in total. The third-order valence-corrected chi connectivity index (χ3v) is 4.53. The fourth-order valence-electron chi connectivity index (χ4n) is 1.96. The average molecular weight is 344 g/mol. The first-order valence-corrected chi connectivity index (χ1v) is 8.96. The van der Waals surface area contributed by atoms with E-state index in [2.05, 4.69) is 14.9 Å². The molecule has 0 aliphatic rings. The summed E-state index contributed by atoms with van der Waals surface area (Å²) in [6.45, 7) is 1.58. The van der Waals surface area contributed by atoms with Crippen LogP contribution in [0.3, 0.4) is 0 Å². The van der Waals surface area contributed by atoms with Crippen LogP contribution < -0.4 is 9.46 Å². The summed E-state index contributed by atoms with van der Waals surface area (Å²) in [6, 6.07) is 13.9. The zero-order valence-corrected chi connectivity index (χ0v) is 13.8. The zero-order chi connectivity index (χ0) is 17.0. The third kappa shape index (κ3) is 3.90. The van der Waals surface area contributed by atoms with Crippen LogP contribution in [0, 0.1) is 0 Å². The highest BCUT2D eigenvalue weighted by Gasteiger charge is 2.07. The number of sulfonamides is 1. The van der Waals surface area contributed by atoms with E-state index in [0.29, 0.717) is 23.1 Å². The largest absolute Gasteiger partial charge is 0.438 e. The van der Waals surface area contributed by atoms with Crippen LogP contribution in [0.15, 0.2) is 60.9 Å². The Hall–Kier alpha value is -2.87.